The molecule has 0 aromatic heterocycles. The quantitative estimate of drug-likeness (QED) is 0.172. The van der Waals surface area contributed by atoms with Crippen molar-refractivity contribution in [2.45, 2.75) is 54.4 Å². The van der Waals surface area contributed by atoms with E-state index in [-0.39, 0.29) is 28.5 Å². The first kappa shape index (κ1) is 29.8. The lowest BCUT2D eigenvalue weighted by molar-refractivity contribution is -0.923. The van der Waals surface area contributed by atoms with E-state index in [2.05, 4.69) is 52.2 Å². The van der Waals surface area contributed by atoms with Crippen LogP contribution in [0.5, 0.6) is 0 Å². The van der Waals surface area contributed by atoms with Crippen molar-refractivity contribution in [2.24, 2.45) is 0 Å². The Bertz CT molecular complexity index is 553. The van der Waals surface area contributed by atoms with Gasteiger partial charge in [-0.2, -0.15) is 0 Å². The molecule has 180 valence electrons. The van der Waals surface area contributed by atoms with Crippen LogP contribution >= 0.6 is 0 Å². The number of quaternary nitrogens is 2. The van der Waals surface area contributed by atoms with E-state index in [9.17, 15) is 9.59 Å². The van der Waals surface area contributed by atoms with Crippen LogP contribution in [0, 0.1) is 0 Å². The van der Waals surface area contributed by atoms with E-state index in [0.717, 1.165) is 74.2 Å². The number of carbonyl (C=O) groups is 2. The first-order valence-electron chi connectivity index (χ1n) is 12.0. The first-order chi connectivity index (χ1) is 14.3. The van der Waals surface area contributed by atoms with Crippen LogP contribution in [0.15, 0.2) is 23.5 Å². The highest BCUT2D eigenvalue weighted by molar-refractivity contribution is 6.19. The van der Waals surface area contributed by atoms with Crippen LogP contribution in [0.25, 0.3) is 0 Å². The van der Waals surface area contributed by atoms with Gasteiger partial charge in [0.25, 0.3) is 0 Å². The van der Waals surface area contributed by atoms with Crippen molar-refractivity contribution in [3.8, 4) is 0 Å². The summed E-state index contributed by atoms with van der Waals surface area (Å²) < 4.78 is 2.19. The molecule has 0 amide bonds. The topological polar surface area (TPSA) is 58.2 Å². The average Bonchev–Trinajstić information content (AvgIpc) is 2.77. The van der Waals surface area contributed by atoms with Crippen molar-refractivity contribution in [1.29, 1.82) is 0 Å². The van der Waals surface area contributed by atoms with Crippen LogP contribution in [0.1, 0.15) is 54.4 Å². The molecule has 0 fully saturated rings. The zero-order chi connectivity index (χ0) is 22.6. The second-order valence-corrected chi connectivity index (χ2v) is 8.43. The third-order valence-electron chi connectivity index (χ3n) is 7.36. The molecule has 0 saturated heterocycles. The minimum absolute atomic E-state index is 0. The Balaban J connectivity index is 0.00000900. The molecule has 2 N–H and O–H groups in total. The van der Waals surface area contributed by atoms with Crippen LogP contribution in [0.2, 0.25) is 0 Å². The summed E-state index contributed by atoms with van der Waals surface area (Å²) >= 11 is 0. The maximum absolute atomic E-state index is 12.4. The number of rotatable bonds is 16. The molecule has 0 unspecified atom stereocenters. The fourth-order valence-corrected chi connectivity index (χ4v) is 4.40. The van der Waals surface area contributed by atoms with Gasteiger partial charge in [0.1, 0.15) is 0 Å². The van der Waals surface area contributed by atoms with E-state index in [0.29, 0.717) is 24.5 Å². The van der Waals surface area contributed by atoms with Gasteiger partial charge in [-0.3, -0.25) is 9.59 Å². The van der Waals surface area contributed by atoms with Crippen LogP contribution in [-0.4, -0.2) is 86.0 Å². The Kier molecular flexibility index (Phi) is 14.2. The number of halogens is 1. The molecule has 31 heavy (non-hydrogen) atoms. The Labute approximate surface area is 201 Å². The second kappa shape index (κ2) is 14.8. The number of ketones is 2. The number of nitrogens with one attached hydrogen (secondary N) is 2. The van der Waals surface area contributed by atoms with Crippen LogP contribution < -0.4 is 27.6 Å². The predicted octanol–water partition coefficient (Wildman–Crippen LogP) is -0.378. The lowest BCUT2D eigenvalue weighted by Gasteiger charge is -2.36. The van der Waals surface area contributed by atoms with Gasteiger partial charge in [-0.1, -0.05) is 0 Å². The van der Waals surface area contributed by atoms with Gasteiger partial charge in [0.05, 0.1) is 63.8 Å². The molecular formula is C24H46BrN4O2+. The normalized spacial score (nSPS) is 14.6. The summed E-state index contributed by atoms with van der Waals surface area (Å²) in [4.78, 5) is 24.9. The standard InChI is InChI=1S/C24H44N4O2.BrH/c1-7-27(8-2,9-3)17-13-15-25-21-19-24(30)22(20-23(21)29)26-16-14-18-28(10-4,11-5)12-6;/h19-20H,7-18H2,1-6H3;1H/p+1. The van der Waals surface area contributed by atoms with Gasteiger partial charge in [-0.05, 0) is 41.5 Å². The highest BCUT2D eigenvalue weighted by Crippen LogP contribution is 2.11. The molecule has 7 heteroatoms. The van der Waals surface area contributed by atoms with Gasteiger partial charge in [-0.15, -0.1) is 0 Å². The van der Waals surface area contributed by atoms with Gasteiger partial charge in [0, 0.05) is 38.1 Å². The summed E-state index contributed by atoms with van der Waals surface area (Å²) in [7, 11) is 0. The van der Waals surface area contributed by atoms with Crippen molar-refractivity contribution in [1.82, 2.24) is 10.6 Å². The van der Waals surface area contributed by atoms with E-state index in [1.807, 2.05) is 0 Å². The third kappa shape index (κ3) is 8.70. The Morgan fingerprint density at radius 1 is 0.613 bits per heavy atom. The SMILES string of the molecule is CC[N+](CC)(CC)CCCNC1=CC(=O)C(NCCC[N+](CC)(CC)CC)=CC1=O.[Br-]. The number of carbonyl (C=O) groups excluding carboxylic acids is 2. The van der Waals surface area contributed by atoms with Crippen LogP contribution in [0.3, 0.4) is 0 Å². The third-order valence-corrected chi connectivity index (χ3v) is 7.36. The van der Waals surface area contributed by atoms with Gasteiger partial charge in [-0.25, -0.2) is 0 Å². The predicted molar refractivity (Wildman–Crippen MR) is 125 cm³/mol. The Morgan fingerprint density at radius 3 is 1.16 bits per heavy atom. The van der Waals surface area contributed by atoms with Gasteiger partial charge < -0.3 is 36.6 Å². The summed E-state index contributed by atoms with van der Waals surface area (Å²) in [6.45, 7) is 23.7. The van der Waals surface area contributed by atoms with Crippen LogP contribution in [-0.2, 0) is 9.59 Å². The molecule has 1 aliphatic carbocycles. The molecule has 0 atom stereocenters. The van der Waals surface area contributed by atoms with Crippen molar-refractivity contribution in [3.05, 3.63) is 23.5 Å². The van der Waals surface area contributed by atoms with Gasteiger partial charge in [0.15, 0.2) is 0 Å². The van der Waals surface area contributed by atoms with E-state index < -0.39 is 0 Å². The number of hydrogen-bond donors (Lipinski definition) is 2. The molecule has 1 aliphatic rings. The monoisotopic (exact) mass is 501 g/mol. The second-order valence-electron chi connectivity index (χ2n) is 8.43. The lowest BCUT2D eigenvalue weighted by atomic mass is 10.1. The summed E-state index contributed by atoms with van der Waals surface area (Å²) in [6.07, 6.45) is 4.87. The van der Waals surface area contributed by atoms with Crippen molar-refractivity contribution in [3.63, 3.8) is 0 Å². The number of allylic oxidation sites excluding steroid dienone is 2. The maximum Gasteiger partial charge on any atom is 0.203 e. The summed E-state index contributed by atoms with van der Waals surface area (Å²) in [5.41, 5.74) is 0.846. The molecule has 0 saturated carbocycles. The van der Waals surface area contributed by atoms with E-state index in [1.165, 1.54) is 12.2 Å². The summed E-state index contributed by atoms with van der Waals surface area (Å²) in [5.74, 6) is -0.222. The fraction of sp³-hybridized carbons (Fsp3) is 0.750. The van der Waals surface area contributed by atoms with E-state index in [4.69, 9.17) is 0 Å². The zero-order valence-electron chi connectivity index (χ0n) is 20.7. The molecular weight excluding hydrogens is 456 g/mol. The summed E-state index contributed by atoms with van der Waals surface area (Å²) in [5, 5.41) is 6.37. The largest absolute Gasteiger partial charge is 1.00 e. The average molecular weight is 503 g/mol. The van der Waals surface area contributed by atoms with Crippen molar-refractivity contribution < 1.29 is 35.5 Å². The van der Waals surface area contributed by atoms with Crippen LogP contribution in [0.4, 0.5) is 0 Å². The molecule has 0 heterocycles. The Morgan fingerprint density at radius 2 is 0.903 bits per heavy atom. The highest BCUT2D eigenvalue weighted by Gasteiger charge is 2.23. The molecule has 0 aliphatic heterocycles. The molecule has 0 radical (unpaired) electrons. The van der Waals surface area contributed by atoms with Crippen molar-refractivity contribution in [2.75, 3.05) is 65.4 Å². The minimum Gasteiger partial charge on any atom is -1.00 e. The first-order valence-corrected chi connectivity index (χ1v) is 12.0. The lowest BCUT2D eigenvalue weighted by Crippen LogP contribution is -3.00. The molecule has 0 aromatic rings. The molecule has 0 aromatic carbocycles. The highest BCUT2D eigenvalue weighted by atomic mass is 79.9. The Hall–Kier alpha value is -1.18. The number of nitrogens with zero attached hydrogens (tertiary/aromatic N) is 2. The zero-order valence-corrected chi connectivity index (χ0v) is 22.3. The van der Waals surface area contributed by atoms with Gasteiger partial charge in [0.2, 0.25) is 11.6 Å². The fourth-order valence-electron chi connectivity index (χ4n) is 4.40. The maximum atomic E-state index is 12.4. The molecule has 6 nitrogen and oxygen atoms in total. The van der Waals surface area contributed by atoms with Gasteiger partial charge >= 0.3 is 0 Å². The number of hydrogen-bond acceptors (Lipinski definition) is 4. The van der Waals surface area contributed by atoms with E-state index in [1.54, 1.807) is 0 Å². The molecule has 0 spiro atoms. The minimum atomic E-state index is -0.111. The smallest absolute Gasteiger partial charge is 0.203 e. The van der Waals surface area contributed by atoms with Crippen molar-refractivity contribution >= 4 is 11.6 Å². The van der Waals surface area contributed by atoms with E-state index >= 15 is 0 Å². The molecule has 0 bridgehead atoms. The molecule has 1 rings (SSSR count). The summed E-state index contributed by atoms with van der Waals surface area (Å²) in [6, 6.07) is 0.